The third-order valence-electron chi connectivity index (χ3n) is 4.40. The SMILES string of the molecule is Fc1ccc(Cl)cc1-c1cc(-c2cnc3[nH]cnc3c2)c2c(n1)NCCO2. The molecule has 4 heterocycles. The Morgan fingerprint density at radius 3 is 2.96 bits per heavy atom. The second-order valence-electron chi connectivity index (χ2n) is 6.13. The van der Waals surface area contributed by atoms with Gasteiger partial charge in [0.2, 0.25) is 0 Å². The monoisotopic (exact) mass is 381 g/mol. The molecule has 0 spiro atoms. The summed E-state index contributed by atoms with van der Waals surface area (Å²) in [6, 6.07) is 8.10. The fraction of sp³-hybridized carbons (Fsp3) is 0.105. The number of benzene rings is 1. The average Bonchev–Trinajstić information content (AvgIpc) is 3.17. The van der Waals surface area contributed by atoms with Gasteiger partial charge >= 0.3 is 0 Å². The van der Waals surface area contributed by atoms with Crippen molar-refractivity contribution in [2.75, 3.05) is 18.5 Å². The smallest absolute Gasteiger partial charge is 0.170 e. The van der Waals surface area contributed by atoms with Crippen LogP contribution in [0, 0.1) is 5.82 Å². The summed E-state index contributed by atoms with van der Waals surface area (Å²) < 4.78 is 20.3. The van der Waals surface area contributed by atoms with Crippen LogP contribution in [-0.4, -0.2) is 33.1 Å². The highest BCUT2D eigenvalue weighted by Crippen LogP contribution is 2.40. The number of fused-ring (bicyclic) bond motifs is 2. The second-order valence-corrected chi connectivity index (χ2v) is 6.56. The van der Waals surface area contributed by atoms with Gasteiger partial charge in [0.1, 0.15) is 17.9 Å². The summed E-state index contributed by atoms with van der Waals surface area (Å²) in [5.41, 5.74) is 3.79. The molecule has 4 aromatic rings. The molecule has 0 radical (unpaired) electrons. The minimum Gasteiger partial charge on any atom is -0.487 e. The van der Waals surface area contributed by atoms with E-state index in [4.69, 9.17) is 16.3 Å². The zero-order chi connectivity index (χ0) is 18.4. The van der Waals surface area contributed by atoms with E-state index >= 15 is 0 Å². The molecule has 1 aromatic carbocycles. The molecule has 1 aliphatic rings. The van der Waals surface area contributed by atoms with Gasteiger partial charge in [-0.15, -0.1) is 0 Å². The number of nitrogens with one attached hydrogen (secondary N) is 2. The minimum absolute atomic E-state index is 0.327. The minimum atomic E-state index is -0.393. The molecule has 0 aliphatic carbocycles. The van der Waals surface area contributed by atoms with Crippen LogP contribution in [0.1, 0.15) is 0 Å². The Kier molecular flexibility index (Phi) is 3.68. The molecule has 0 unspecified atom stereocenters. The molecular weight excluding hydrogens is 369 g/mol. The summed E-state index contributed by atoms with van der Waals surface area (Å²) in [5.74, 6) is 0.787. The zero-order valence-electron chi connectivity index (χ0n) is 14.0. The summed E-state index contributed by atoms with van der Waals surface area (Å²) in [6.07, 6.45) is 3.32. The summed E-state index contributed by atoms with van der Waals surface area (Å²) in [4.78, 5) is 16.2. The molecule has 0 fully saturated rings. The number of aromatic nitrogens is 4. The third-order valence-corrected chi connectivity index (χ3v) is 4.64. The Labute approximate surface area is 158 Å². The number of nitrogens with zero attached hydrogens (tertiary/aromatic N) is 3. The number of anilines is 1. The normalized spacial score (nSPS) is 13.1. The number of aromatic amines is 1. The van der Waals surface area contributed by atoms with Gasteiger partial charge in [-0.2, -0.15) is 0 Å². The molecule has 0 saturated carbocycles. The highest BCUT2D eigenvalue weighted by Gasteiger charge is 2.21. The topological polar surface area (TPSA) is 75.7 Å². The van der Waals surface area contributed by atoms with E-state index in [0.717, 1.165) is 16.6 Å². The lowest BCUT2D eigenvalue weighted by Gasteiger charge is -2.22. The van der Waals surface area contributed by atoms with Gasteiger partial charge in [-0.05, 0) is 30.3 Å². The van der Waals surface area contributed by atoms with Crippen molar-refractivity contribution in [1.29, 1.82) is 0 Å². The lowest BCUT2D eigenvalue weighted by Crippen LogP contribution is -2.20. The molecule has 5 rings (SSSR count). The van der Waals surface area contributed by atoms with Gasteiger partial charge < -0.3 is 15.0 Å². The first kappa shape index (κ1) is 16.0. The van der Waals surface area contributed by atoms with E-state index in [1.165, 1.54) is 12.1 Å². The van der Waals surface area contributed by atoms with E-state index in [1.807, 2.05) is 6.07 Å². The lowest BCUT2D eigenvalue weighted by atomic mass is 10.0. The Morgan fingerprint density at radius 2 is 2.04 bits per heavy atom. The number of hydrogen-bond donors (Lipinski definition) is 2. The maximum Gasteiger partial charge on any atom is 0.170 e. The van der Waals surface area contributed by atoms with Gasteiger partial charge in [0.05, 0.1) is 18.6 Å². The fourth-order valence-electron chi connectivity index (χ4n) is 3.14. The zero-order valence-corrected chi connectivity index (χ0v) is 14.7. The summed E-state index contributed by atoms with van der Waals surface area (Å²) in [5, 5.41) is 3.66. The van der Waals surface area contributed by atoms with Crippen molar-refractivity contribution in [1.82, 2.24) is 19.9 Å². The van der Waals surface area contributed by atoms with Crippen molar-refractivity contribution in [3.8, 4) is 28.1 Å². The maximum absolute atomic E-state index is 14.4. The quantitative estimate of drug-likeness (QED) is 0.542. The van der Waals surface area contributed by atoms with Crippen LogP contribution in [-0.2, 0) is 0 Å². The first-order valence-corrected chi connectivity index (χ1v) is 8.73. The highest BCUT2D eigenvalue weighted by molar-refractivity contribution is 6.30. The van der Waals surface area contributed by atoms with Crippen molar-refractivity contribution in [2.24, 2.45) is 0 Å². The van der Waals surface area contributed by atoms with Crippen LogP contribution in [0.2, 0.25) is 5.02 Å². The van der Waals surface area contributed by atoms with Gasteiger partial charge in [-0.1, -0.05) is 11.6 Å². The van der Waals surface area contributed by atoms with E-state index in [-0.39, 0.29) is 0 Å². The molecule has 134 valence electrons. The molecule has 3 aromatic heterocycles. The van der Waals surface area contributed by atoms with Crippen molar-refractivity contribution >= 4 is 28.6 Å². The van der Waals surface area contributed by atoms with Crippen LogP contribution in [0.5, 0.6) is 5.75 Å². The van der Waals surface area contributed by atoms with Crippen LogP contribution in [0.15, 0.2) is 42.9 Å². The van der Waals surface area contributed by atoms with Crippen LogP contribution in [0.3, 0.4) is 0 Å². The van der Waals surface area contributed by atoms with E-state index in [0.29, 0.717) is 46.6 Å². The van der Waals surface area contributed by atoms with Crippen molar-refractivity contribution in [3.05, 3.63) is 53.7 Å². The van der Waals surface area contributed by atoms with Gasteiger partial charge in [0, 0.05) is 27.9 Å². The summed E-state index contributed by atoms with van der Waals surface area (Å²) in [6.45, 7) is 1.14. The number of hydrogen-bond acceptors (Lipinski definition) is 5. The number of imidazole rings is 1. The lowest BCUT2D eigenvalue weighted by molar-refractivity contribution is 0.323. The van der Waals surface area contributed by atoms with Crippen LogP contribution in [0.4, 0.5) is 10.2 Å². The standard InChI is InChI=1S/C19H13ClFN5O/c20-11-1-2-14(21)13(6-11)15-7-12(17-19(26-15)22-3-4-27-17)10-5-16-18(23-8-10)25-9-24-16/h1-2,5-9H,3-4H2,(H,22,26)(H,23,24,25). The van der Waals surface area contributed by atoms with Gasteiger partial charge in [-0.25, -0.2) is 19.3 Å². The first-order chi connectivity index (χ1) is 13.2. The molecular formula is C19H13ClFN5O. The molecule has 6 nitrogen and oxygen atoms in total. The Hall–Kier alpha value is -3.19. The largest absolute Gasteiger partial charge is 0.487 e. The summed E-state index contributed by atoms with van der Waals surface area (Å²) >= 11 is 6.06. The van der Waals surface area contributed by atoms with Crippen LogP contribution in [0.25, 0.3) is 33.5 Å². The maximum atomic E-state index is 14.4. The van der Waals surface area contributed by atoms with E-state index in [9.17, 15) is 4.39 Å². The van der Waals surface area contributed by atoms with E-state index < -0.39 is 5.82 Å². The van der Waals surface area contributed by atoms with E-state index in [2.05, 4.69) is 25.3 Å². The molecule has 0 amide bonds. The summed E-state index contributed by atoms with van der Waals surface area (Å²) in [7, 11) is 0. The van der Waals surface area contributed by atoms with Crippen LogP contribution >= 0.6 is 11.6 Å². The number of halogens is 2. The first-order valence-electron chi connectivity index (χ1n) is 8.36. The van der Waals surface area contributed by atoms with Crippen molar-refractivity contribution in [3.63, 3.8) is 0 Å². The molecule has 0 atom stereocenters. The van der Waals surface area contributed by atoms with Gasteiger partial charge in [0.15, 0.2) is 17.2 Å². The predicted molar refractivity (Wildman–Crippen MR) is 102 cm³/mol. The molecule has 1 aliphatic heterocycles. The number of rotatable bonds is 2. The molecule has 2 N–H and O–H groups in total. The van der Waals surface area contributed by atoms with Gasteiger partial charge in [0.25, 0.3) is 0 Å². The predicted octanol–water partition coefficient (Wildman–Crippen LogP) is 4.28. The highest BCUT2D eigenvalue weighted by atomic mass is 35.5. The fourth-order valence-corrected chi connectivity index (χ4v) is 3.31. The number of H-pyrrole nitrogens is 1. The number of ether oxygens (including phenoxy) is 1. The van der Waals surface area contributed by atoms with E-state index in [1.54, 1.807) is 24.7 Å². The van der Waals surface area contributed by atoms with Crippen LogP contribution < -0.4 is 10.1 Å². The number of pyridine rings is 2. The Balaban J connectivity index is 1.75. The second kappa shape index (κ2) is 6.21. The van der Waals surface area contributed by atoms with Gasteiger partial charge in [-0.3, -0.25) is 0 Å². The Morgan fingerprint density at radius 1 is 1.11 bits per heavy atom. The molecule has 27 heavy (non-hydrogen) atoms. The van der Waals surface area contributed by atoms with Crippen molar-refractivity contribution in [2.45, 2.75) is 0 Å². The van der Waals surface area contributed by atoms with Crippen molar-refractivity contribution < 1.29 is 9.13 Å². The molecule has 0 bridgehead atoms. The molecule has 8 heteroatoms. The Bertz CT molecular complexity index is 1180. The third kappa shape index (κ3) is 2.76. The average molecular weight is 382 g/mol. The molecule has 0 saturated heterocycles.